The van der Waals surface area contributed by atoms with Crippen molar-refractivity contribution in [2.45, 2.75) is 32.9 Å². The number of halogens is 1. The van der Waals surface area contributed by atoms with Crippen molar-refractivity contribution < 1.29 is 4.39 Å². The van der Waals surface area contributed by atoms with Crippen molar-refractivity contribution in [2.75, 3.05) is 5.32 Å². The van der Waals surface area contributed by atoms with Gasteiger partial charge in [0.15, 0.2) is 0 Å². The molecule has 0 bridgehead atoms. The molecule has 4 nitrogen and oxygen atoms in total. The number of rotatable bonds is 3. The summed E-state index contributed by atoms with van der Waals surface area (Å²) in [5.74, 6) is -0.511. The highest BCUT2D eigenvalue weighted by Gasteiger charge is 2.14. The van der Waals surface area contributed by atoms with Crippen LogP contribution in [0, 0.1) is 17.1 Å². The van der Waals surface area contributed by atoms with Gasteiger partial charge in [-0.3, -0.25) is 4.68 Å². The zero-order valence-electron chi connectivity index (χ0n) is 11.8. The van der Waals surface area contributed by atoms with Crippen molar-refractivity contribution in [1.29, 1.82) is 5.26 Å². The minimum absolute atomic E-state index is 0.0377. The topological polar surface area (TPSA) is 53.6 Å². The number of benzene rings is 1. The predicted molar refractivity (Wildman–Crippen MR) is 75.7 cm³/mol. The SMILES string of the molecule is CC(C)(C)n1cc(CNc2cccc(F)c2C#N)cn1. The van der Waals surface area contributed by atoms with Gasteiger partial charge in [0.05, 0.1) is 17.4 Å². The van der Waals surface area contributed by atoms with Gasteiger partial charge in [-0.25, -0.2) is 4.39 Å². The van der Waals surface area contributed by atoms with Crippen LogP contribution in [0.3, 0.4) is 0 Å². The zero-order valence-corrected chi connectivity index (χ0v) is 11.8. The summed E-state index contributed by atoms with van der Waals surface area (Å²) >= 11 is 0. The Hall–Kier alpha value is -2.35. The van der Waals surface area contributed by atoms with E-state index in [1.54, 1.807) is 18.3 Å². The van der Waals surface area contributed by atoms with Crippen molar-refractivity contribution >= 4 is 5.69 Å². The second-order valence-electron chi connectivity index (χ2n) is 5.59. The summed E-state index contributed by atoms with van der Waals surface area (Å²) in [6, 6.07) is 6.42. The summed E-state index contributed by atoms with van der Waals surface area (Å²) in [7, 11) is 0. The Morgan fingerprint density at radius 2 is 2.15 bits per heavy atom. The van der Waals surface area contributed by atoms with Gasteiger partial charge >= 0.3 is 0 Å². The third-order valence-corrected chi connectivity index (χ3v) is 2.93. The molecule has 0 spiro atoms. The lowest BCUT2D eigenvalue weighted by Gasteiger charge is -2.18. The normalized spacial score (nSPS) is 11.2. The molecule has 0 unspecified atom stereocenters. The summed E-state index contributed by atoms with van der Waals surface area (Å²) in [5.41, 5.74) is 1.44. The third kappa shape index (κ3) is 2.97. The molecule has 0 fully saturated rings. The number of anilines is 1. The van der Waals surface area contributed by atoms with E-state index in [2.05, 4.69) is 31.2 Å². The van der Waals surface area contributed by atoms with Crippen LogP contribution in [-0.2, 0) is 12.1 Å². The van der Waals surface area contributed by atoms with E-state index in [4.69, 9.17) is 5.26 Å². The Morgan fingerprint density at radius 3 is 2.75 bits per heavy atom. The summed E-state index contributed by atoms with van der Waals surface area (Å²) in [6.45, 7) is 6.70. The molecule has 0 aliphatic carbocycles. The number of hydrogen-bond acceptors (Lipinski definition) is 3. The Balaban J connectivity index is 2.12. The summed E-state index contributed by atoms with van der Waals surface area (Å²) < 4.78 is 15.3. The van der Waals surface area contributed by atoms with Crippen molar-refractivity contribution in [2.24, 2.45) is 0 Å². The van der Waals surface area contributed by atoms with Crippen LogP contribution in [0.15, 0.2) is 30.6 Å². The first-order valence-electron chi connectivity index (χ1n) is 6.38. The standard InChI is InChI=1S/C15H17FN4/c1-15(2,3)20-10-11(9-19-20)8-18-14-6-4-5-13(16)12(14)7-17/h4-6,9-10,18H,8H2,1-3H3. The molecule has 0 saturated carbocycles. The highest BCUT2D eigenvalue weighted by atomic mass is 19.1. The second kappa shape index (κ2) is 5.33. The second-order valence-corrected chi connectivity index (χ2v) is 5.59. The van der Waals surface area contributed by atoms with Gasteiger partial charge in [-0.05, 0) is 32.9 Å². The number of nitrogens with zero attached hydrogens (tertiary/aromatic N) is 3. The smallest absolute Gasteiger partial charge is 0.143 e. The lowest BCUT2D eigenvalue weighted by molar-refractivity contribution is 0.355. The van der Waals surface area contributed by atoms with Gasteiger partial charge in [-0.1, -0.05) is 6.07 Å². The molecule has 2 aromatic rings. The Morgan fingerprint density at radius 1 is 1.40 bits per heavy atom. The van der Waals surface area contributed by atoms with Crippen LogP contribution >= 0.6 is 0 Å². The van der Waals surface area contributed by atoms with Crippen molar-refractivity contribution in [3.63, 3.8) is 0 Å². The van der Waals surface area contributed by atoms with E-state index in [0.29, 0.717) is 12.2 Å². The minimum atomic E-state index is -0.511. The first-order chi connectivity index (χ1) is 9.41. The molecule has 1 aromatic heterocycles. The van der Waals surface area contributed by atoms with Gasteiger partial charge in [0.2, 0.25) is 0 Å². The molecule has 1 aromatic carbocycles. The molecule has 5 heteroatoms. The van der Waals surface area contributed by atoms with Gasteiger partial charge < -0.3 is 5.32 Å². The monoisotopic (exact) mass is 272 g/mol. The molecular weight excluding hydrogens is 255 g/mol. The molecule has 0 amide bonds. The van der Waals surface area contributed by atoms with E-state index in [9.17, 15) is 4.39 Å². The van der Waals surface area contributed by atoms with Crippen LogP contribution in [0.5, 0.6) is 0 Å². The van der Waals surface area contributed by atoms with E-state index in [-0.39, 0.29) is 11.1 Å². The van der Waals surface area contributed by atoms with Crippen molar-refractivity contribution in [1.82, 2.24) is 9.78 Å². The number of nitrogens with one attached hydrogen (secondary N) is 1. The fraction of sp³-hybridized carbons (Fsp3) is 0.333. The number of nitriles is 1. The highest BCUT2D eigenvalue weighted by molar-refractivity contribution is 5.57. The van der Waals surface area contributed by atoms with Gasteiger partial charge in [0.1, 0.15) is 17.4 Å². The average Bonchev–Trinajstić information content (AvgIpc) is 2.85. The van der Waals surface area contributed by atoms with Crippen LogP contribution in [0.2, 0.25) is 0 Å². The van der Waals surface area contributed by atoms with Gasteiger partial charge in [0.25, 0.3) is 0 Å². The molecule has 0 radical (unpaired) electrons. The Kier molecular flexibility index (Phi) is 3.75. The van der Waals surface area contributed by atoms with Gasteiger partial charge in [-0.2, -0.15) is 10.4 Å². The summed E-state index contributed by atoms with van der Waals surface area (Å²) in [6.07, 6.45) is 3.71. The van der Waals surface area contributed by atoms with Crippen molar-refractivity contribution in [3.05, 3.63) is 47.5 Å². The minimum Gasteiger partial charge on any atom is -0.380 e. The first kappa shape index (κ1) is 14.1. The maximum atomic E-state index is 13.5. The lowest BCUT2D eigenvalue weighted by Crippen LogP contribution is -2.22. The quantitative estimate of drug-likeness (QED) is 0.933. The Bertz CT molecular complexity index is 647. The number of hydrogen-bond donors (Lipinski definition) is 1. The van der Waals surface area contributed by atoms with Crippen LogP contribution < -0.4 is 5.32 Å². The molecule has 0 aliphatic rings. The molecule has 0 aliphatic heterocycles. The molecule has 1 heterocycles. The molecule has 0 saturated heterocycles. The van der Waals surface area contributed by atoms with Crippen LogP contribution in [0.4, 0.5) is 10.1 Å². The maximum absolute atomic E-state index is 13.5. The van der Waals surface area contributed by atoms with Gasteiger partial charge in [-0.15, -0.1) is 0 Å². The lowest BCUT2D eigenvalue weighted by atomic mass is 10.1. The van der Waals surface area contributed by atoms with Crippen LogP contribution in [0.25, 0.3) is 0 Å². The Labute approximate surface area is 117 Å². The van der Waals surface area contributed by atoms with E-state index < -0.39 is 5.82 Å². The third-order valence-electron chi connectivity index (χ3n) is 2.93. The zero-order chi connectivity index (χ0) is 14.8. The molecule has 0 atom stereocenters. The van der Waals surface area contributed by atoms with Crippen molar-refractivity contribution in [3.8, 4) is 6.07 Å². The van der Waals surface area contributed by atoms with Gasteiger partial charge in [0, 0.05) is 18.3 Å². The van der Waals surface area contributed by atoms with E-state index in [1.165, 1.54) is 6.07 Å². The number of aromatic nitrogens is 2. The molecule has 104 valence electrons. The fourth-order valence-corrected chi connectivity index (χ4v) is 1.80. The largest absolute Gasteiger partial charge is 0.380 e. The first-order valence-corrected chi connectivity index (χ1v) is 6.38. The molecule has 20 heavy (non-hydrogen) atoms. The maximum Gasteiger partial charge on any atom is 0.143 e. The molecule has 1 N–H and O–H groups in total. The highest BCUT2D eigenvalue weighted by Crippen LogP contribution is 2.19. The van der Waals surface area contributed by atoms with E-state index >= 15 is 0 Å². The van der Waals surface area contributed by atoms with Crippen LogP contribution in [-0.4, -0.2) is 9.78 Å². The fourth-order valence-electron chi connectivity index (χ4n) is 1.80. The summed E-state index contributed by atoms with van der Waals surface area (Å²) in [5, 5.41) is 16.3. The van der Waals surface area contributed by atoms with E-state index in [1.807, 2.05) is 16.9 Å². The molecule has 2 rings (SSSR count). The van der Waals surface area contributed by atoms with Crippen LogP contribution in [0.1, 0.15) is 31.9 Å². The predicted octanol–water partition coefficient (Wildman–Crippen LogP) is 3.26. The molecular formula is C15H17FN4. The summed E-state index contributed by atoms with van der Waals surface area (Å²) in [4.78, 5) is 0. The average molecular weight is 272 g/mol. The van der Waals surface area contributed by atoms with E-state index in [0.717, 1.165) is 5.56 Å².